The average molecular weight is 495 g/mol. The third kappa shape index (κ3) is 3.61. The van der Waals surface area contributed by atoms with Crippen molar-refractivity contribution in [2.75, 3.05) is 28.4 Å². The van der Waals surface area contributed by atoms with Gasteiger partial charge in [-0.2, -0.15) is 0 Å². The van der Waals surface area contributed by atoms with E-state index < -0.39 is 13.2 Å². The number of hydrogen-bond donors (Lipinski definition) is 4. The lowest BCUT2D eigenvalue weighted by atomic mass is 9.87. The van der Waals surface area contributed by atoms with Gasteiger partial charge in [-0.1, -0.05) is 0 Å². The molecular weight excluding hydrogens is 464 g/mol. The maximum Gasteiger partial charge on any atom is 0.164 e. The standard InChI is InChI=1S/C28H30O8/c1-13-17-7-15(11-29)23(25(31)19(17)9-21(33-3)27(13)35-5)24-16(12-30)8-18-14(2)28(36-6)22(34-4)10-20(18)26(24)32/h7-10,29-32H,11-12H2,1-6H3. The molecule has 4 N–H and O–H groups in total. The molecule has 190 valence electrons. The number of aliphatic hydroxyl groups is 2. The summed E-state index contributed by atoms with van der Waals surface area (Å²) < 4.78 is 21.9. The van der Waals surface area contributed by atoms with Crippen molar-refractivity contribution in [2.45, 2.75) is 27.1 Å². The molecule has 0 saturated heterocycles. The molecule has 0 aliphatic carbocycles. The summed E-state index contributed by atoms with van der Waals surface area (Å²) in [6, 6.07) is 6.78. The second kappa shape index (κ2) is 9.64. The van der Waals surface area contributed by atoms with Crippen molar-refractivity contribution >= 4 is 21.5 Å². The van der Waals surface area contributed by atoms with E-state index in [2.05, 4.69) is 0 Å². The highest BCUT2D eigenvalue weighted by atomic mass is 16.5. The Hall–Kier alpha value is -3.88. The molecule has 0 unspecified atom stereocenters. The van der Waals surface area contributed by atoms with Crippen LogP contribution in [-0.2, 0) is 13.2 Å². The highest BCUT2D eigenvalue weighted by Crippen LogP contribution is 2.51. The summed E-state index contributed by atoms with van der Waals surface area (Å²) in [6.07, 6.45) is 0. The van der Waals surface area contributed by atoms with Crippen molar-refractivity contribution < 1.29 is 39.4 Å². The van der Waals surface area contributed by atoms with Gasteiger partial charge in [-0.05, 0) is 60.0 Å². The van der Waals surface area contributed by atoms with Crippen LogP contribution in [-0.4, -0.2) is 48.9 Å². The van der Waals surface area contributed by atoms with E-state index >= 15 is 0 Å². The smallest absolute Gasteiger partial charge is 0.164 e. The molecule has 4 rings (SSSR count). The van der Waals surface area contributed by atoms with Crippen LogP contribution in [0.15, 0.2) is 24.3 Å². The zero-order chi connectivity index (χ0) is 26.3. The van der Waals surface area contributed by atoms with Gasteiger partial charge in [0.05, 0.1) is 41.7 Å². The van der Waals surface area contributed by atoms with Crippen molar-refractivity contribution in [3.63, 3.8) is 0 Å². The molecule has 0 saturated carbocycles. The minimum Gasteiger partial charge on any atom is -0.507 e. The second-order valence-electron chi connectivity index (χ2n) is 8.50. The van der Waals surface area contributed by atoms with E-state index in [1.165, 1.54) is 28.4 Å². The van der Waals surface area contributed by atoms with E-state index in [9.17, 15) is 20.4 Å². The molecule has 0 spiro atoms. The number of ether oxygens (including phenoxy) is 4. The normalized spacial score (nSPS) is 11.2. The Morgan fingerprint density at radius 3 is 1.19 bits per heavy atom. The lowest BCUT2D eigenvalue weighted by Gasteiger charge is -2.22. The number of aliphatic hydroxyl groups excluding tert-OH is 2. The molecule has 0 amide bonds. The number of aryl methyl sites for hydroxylation is 2. The summed E-state index contributed by atoms with van der Waals surface area (Å²) in [5.74, 6) is 1.56. The van der Waals surface area contributed by atoms with Crippen molar-refractivity contribution in [1.82, 2.24) is 0 Å². The lowest BCUT2D eigenvalue weighted by Crippen LogP contribution is -2.01. The Labute approximate surface area is 208 Å². The lowest BCUT2D eigenvalue weighted by molar-refractivity contribution is 0.279. The molecule has 0 aliphatic rings. The summed E-state index contributed by atoms with van der Waals surface area (Å²) in [5, 5.41) is 45.9. The fraction of sp³-hybridized carbons (Fsp3) is 0.286. The van der Waals surface area contributed by atoms with Crippen LogP contribution in [0.3, 0.4) is 0 Å². The van der Waals surface area contributed by atoms with Crippen molar-refractivity contribution in [3.8, 4) is 45.6 Å². The van der Waals surface area contributed by atoms with Gasteiger partial charge in [-0.25, -0.2) is 0 Å². The second-order valence-corrected chi connectivity index (χ2v) is 8.50. The van der Waals surface area contributed by atoms with Crippen LogP contribution in [0.1, 0.15) is 22.3 Å². The van der Waals surface area contributed by atoms with Crippen LogP contribution in [0, 0.1) is 13.8 Å². The summed E-state index contributed by atoms with van der Waals surface area (Å²) in [6.45, 7) is 2.83. The third-order valence-corrected chi connectivity index (χ3v) is 6.77. The summed E-state index contributed by atoms with van der Waals surface area (Å²) in [5.41, 5.74) is 2.62. The molecule has 0 radical (unpaired) electrons. The first-order valence-corrected chi connectivity index (χ1v) is 11.3. The minimum absolute atomic E-state index is 0.165. The number of rotatable bonds is 7. The highest BCUT2D eigenvalue weighted by Gasteiger charge is 2.26. The quantitative estimate of drug-likeness (QED) is 0.292. The Kier molecular flexibility index (Phi) is 6.75. The molecule has 0 bridgehead atoms. The fourth-order valence-corrected chi connectivity index (χ4v) is 5.02. The maximum absolute atomic E-state index is 11.5. The average Bonchev–Trinajstić information content (AvgIpc) is 2.89. The molecule has 36 heavy (non-hydrogen) atoms. The molecular formula is C28H30O8. The van der Waals surface area contributed by atoms with E-state index in [1.54, 1.807) is 24.3 Å². The topological polar surface area (TPSA) is 118 Å². The largest absolute Gasteiger partial charge is 0.507 e. The Morgan fingerprint density at radius 2 is 0.917 bits per heavy atom. The van der Waals surface area contributed by atoms with Gasteiger partial charge in [-0.3, -0.25) is 0 Å². The van der Waals surface area contributed by atoms with Gasteiger partial charge in [0.15, 0.2) is 23.0 Å². The number of hydrogen-bond acceptors (Lipinski definition) is 8. The number of phenolic OH excluding ortho intramolecular Hbond substituents is 2. The first-order chi connectivity index (χ1) is 17.3. The molecule has 0 aromatic heterocycles. The van der Waals surface area contributed by atoms with E-state index in [-0.39, 0.29) is 22.6 Å². The molecule has 0 atom stereocenters. The van der Waals surface area contributed by atoms with Crippen LogP contribution in [0.25, 0.3) is 32.7 Å². The van der Waals surface area contributed by atoms with Crippen LogP contribution in [0.2, 0.25) is 0 Å². The summed E-state index contributed by atoms with van der Waals surface area (Å²) in [4.78, 5) is 0. The molecule has 4 aromatic carbocycles. The van der Waals surface area contributed by atoms with Gasteiger partial charge in [-0.15, -0.1) is 0 Å². The number of methoxy groups -OCH3 is 4. The number of aromatic hydroxyl groups is 2. The monoisotopic (exact) mass is 494 g/mol. The highest BCUT2D eigenvalue weighted by molar-refractivity contribution is 6.05. The summed E-state index contributed by atoms with van der Waals surface area (Å²) in [7, 11) is 6.08. The van der Waals surface area contributed by atoms with Gasteiger partial charge >= 0.3 is 0 Å². The van der Waals surface area contributed by atoms with Gasteiger partial charge in [0, 0.05) is 33.0 Å². The first-order valence-electron chi connectivity index (χ1n) is 11.3. The molecule has 8 heteroatoms. The first kappa shape index (κ1) is 25.2. The Morgan fingerprint density at radius 1 is 0.556 bits per heavy atom. The van der Waals surface area contributed by atoms with Crippen molar-refractivity contribution in [2.24, 2.45) is 0 Å². The Balaban J connectivity index is 2.17. The summed E-state index contributed by atoms with van der Waals surface area (Å²) >= 11 is 0. The van der Waals surface area contributed by atoms with Gasteiger partial charge < -0.3 is 39.4 Å². The predicted octanol–water partition coefficient (Wildman–Crippen LogP) is 4.71. The van der Waals surface area contributed by atoms with Gasteiger partial charge in [0.25, 0.3) is 0 Å². The zero-order valence-electron chi connectivity index (χ0n) is 21.1. The van der Waals surface area contributed by atoms with Crippen LogP contribution in [0.5, 0.6) is 34.5 Å². The number of benzene rings is 4. The Bertz CT molecular complexity index is 1380. The molecule has 0 heterocycles. The molecule has 0 aliphatic heterocycles. The van der Waals surface area contributed by atoms with Crippen LogP contribution in [0.4, 0.5) is 0 Å². The van der Waals surface area contributed by atoms with Crippen molar-refractivity contribution in [3.05, 3.63) is 46.5 Å². The van der Waals surface area contributed by atoms with Crippen molar-refractivity contribution in [1.29, 1.82) is 0 Å². The van der Waals surface area contributed by atoms with Gasteiger partial charge in [0.2, 0.25) is 0 Å². The minimum atomic E-state index is -0.417. The number of fused-ring (bicyclic) bond motifs is 2. The molecule has 4 aromatic rings. The third-order valence-electron chi connectivity index (χ3n) is 6.77. The SMILES string of the molecule is COc1cc2c(O)c(-c3c(CO)cc4c(C)c(OC)c(OC)cc4c3O)c(CO)cc2c(C)c1OC. The predicted molar refractivity (Wildman–Crippen MR) is 138 cm³/mol. The van der Waals surface area contributed by atoms with Gasteiger partial charge in [0.1, 0.15) is 11.5 Å². The zero-order valence-corrected chi connectivity index (χ0v) is 21.1. The fourth-order valence-electron chi connectivity index (χ4n) is 5.02. The number of phenols is 2. The maximum atomic E-state index is 11.5. The molecule has 8 nitrogen and oxygen atoms in total. The van der Waals surface area contributed by atoms with Crippen LogP contribution >= 0.6 is 0 Å². The van der Waals surface area contributed by atoms with Crippen LogP contribution < -0.4 is 18.9 Å². The van der Waals surface area contributed by atoms with E-state index in [0.29, 0.717) is 55.7 Å². The molecule has 0 fully saturated rings. The van der Waals surface area contributed by atoms with E-state index in [0.717, 1.165) is 11.1 Å². The van der Waals surface area contributed by atoms with E-state index in [1.807, 2.05) is 13.8 Å². The van der Waals surface area contributed by atoms with E-state index in [4.69, 9.17) is 18.9 Å².